The molecule has 2 heterocycles. The Morgan fingerprint density at radius 2 is 2.24 bits per heavy atom. The summed E-state index contributed by atoms with van der Waals surface area (Å²) in [4.78, 5) is 20.1. The van der Waals surface area contributed by atoms with Gasteiger partial charge in [-0.2, -0.15) is 0 Å². The number of anilines is 1. The van der Waals surface area contributed by atoms with E-state index < -0.39 is 0 Å². The lowest BCUT2D eigenvalue weighted by molar-refractivity contribution is -0.121. The number of benzene rings is 1. The smallest absolute Gasteiger partial charge is 0.228 e. The lowest BCUT2D eigenvalue weighted by atomic mass is 9.97. The van der Waals surface area contributed by atoms with E-state index in [0.717, 1.165) is 38.2 Å². The molecule has 0 unspecified atom stereocenters. The van der Waals surface area contributed by atoms with Crippen molar-refractivity contribution >= 4 is 22.9 Å². The van der Waals surface area contributed by atoms with Crippen molar-refractivity contribution < 1.29 is 4.79 Å². The number of hydrogen-bond acceptors (Lipinski definition) is 4. The molecular formula is C16H19N3OS. The molecule has 4 nitrogen and oxygen atoms in total. The zero-order valence-electron chi connectivity index (χ0n) is 11.9. The van der Waals surface area contributed by atoms with Crippen molar-refractivity contribution in [3.8, 4) is 0 Å². The molecule has 0 aliphatic carbocycles. The van der Waals surface area contributed by atoms with E-state index in [2.05, 4.69) is 15.2 Å². The lowest BCUT2D eigenvalue weighted by Crippen LogP contribution is -2.40. The Balaban J connectivity index is 1.56. The van der Waals surface area contributed by atoms with Crippen molar-refractivity contribution in [2.45, 2.75) is 19.4 Å². The molecule has 0 spiro atoms. The van der Waals surface area contributed by atoms with Gasteiger partial charge in [0, 0.05) is 29.9 Å². The monoisotopic (exact) mass is 301 g/mol. The fourth-order valence-electron chi connectivity index (χ4n) is 2.72. The molecule has 0 bridgehead atoms. The molecule has 1 saturated heterocycles. The van der Waals surface area contributed by atoms with Crippen LogP contribution in [-0.4, -0.2) is 28.9 Å². The van der Waals surface area contributed by atoms with E-state index >= 15 is 0 Å². The molecule has 1 fully saturated rings. The van der Waals surface area contributed by atoms with Gasteiger partial charge in [-0.3, -0.25) is 14.7 Å². The minimum Gasteiger partial charge on any atom is -0.326 e. The van der Waals surface area contributed by atoms with Gasteiger partial charge in [0.15, 0.2) is 0 Å². The first-order valence-electron chi connectivity index (χ1n) is 7.27. The fourth-order valence-corrected chi connectivity index (χ4v) is 3.36. The molecule has 1 N–H and O–H groups in total. The molecule has 0 radical (unpaired) electrons. The fraction of sp³-hybridized carbons (Fsp3) is 0.375. The van der Waals surface area contributed by atoms with E-state index in [9.17, 15) is 4.79 Å². The van der Waals surface area contributed by atoms with Crippen molar-refractivity contribution in [3.05, 3.63) is 46.9 Å². The number of hydrogen-bond donors (Lipinski definition) is 1. The molecule has 110 valence electrons. The number of carbonyl (C=O) groups is 1. The maximum absolute atomic E-state index is 12.4. The predicted molar refractivity (Wildman–Crippen MR) is 85.2 cm³/mol. The van der Waals surface area contributed by atoms with Crippen molar-refractivity contribution in [3.63, 3.8) is 0 Å². The third-order valence-corrected chi connectivity index (χ3v) is 4.54. The van der Waals surface area contributed by atoms with Crippen LogP contribution in [0.3, 0.4) is 0 Å². The number of thiazole rings is 1. The Morgan fingerprint density at radius 1 is 1.38 bits per heavy atom. The highest BCUT2D eigenvalue weighted by molar-refractivity contribution is 7.09. The van der Waals surface area contributed by atoms with Gasteiger partial charge in [0.25, 0.3) is 0 Å². The Labute approximate surface area is 128 Å². The van der Waals surface area contributed by atoms with Crippen LogP contribution in [0.15, 0.2) is 42.0 Å². The van der Waals surface area contributed by atoms with Crippen molar-refractivity contribution in [1.82, 2.24) is 9.88 Å². The summed E-state index contributed by atoms with van der Waals surface area (Å²) in [5, 5.41) is 3.02. The van der Waals surface area contributed by atoms with Crippen LogP contribution in [0.5, 0.6) is 0 Å². The molecule has 5 heteroatoms. The quantitative estimate of drug-likeness (QED) is 0.944. The van der Waals surface area contributed by atoms with Crippen LogP contribution < -0.4 is 5.32 Å². The van der Waals surface area contributed by atoms with E-state index in [0.29, 0.717) is 0 Å². The Bertz CT molecular complexity index is 570. The summed E-state index contributed by atoms with van der Waals surface area (Å²) in [6.45, 7) is 2.80. The molecule has 3 rings (SSSR count). The summed E-state index contributed by atoms with van der Waals surface area (Å²) in [6, 6.07) is 9.68. The topological polar surface area (TPSA) is 45.2 Å². The van der Waals surface area contributed by atoms with E-state index in [1.807, 2.05) is 42.0 Å². The van der Waals surface area contributed by atoms with Crippen LogP contribution in [0.25, 0.3) is 0 Å². The zero-order valence-corrected chi connectivity index (χ0v) is 12.7. The molecule has 1 atom stereocenters. The molecule has 2 aromatic rings. The first-order valence-corrected chi connectivity index (χ1v) is 8.15. The number of nitrogens with zero attached hydrogens (tertiary/aromatic N) is 2. The second kappa shape index (κ2) is 6.83. The molecule has 1 aliphatic rings. The minimum atomic E-state index is 0.0758. The van der Waals surface area contributed by atoms with Gasteiger partial charge in [-0.25, -0.2) is 0 Å². The first kappa shape index (κ1) is 14.2. The van der Waals surface area contributed by atoms with Gasteiger partial charge < -0.3 is 5.32 Å². The van der Waals surface area contributed by atoms with Crippen molar-refractivity contribution in [1.29, 1.82) is 0 Å². The first-order chi connectivity index (χ1) is 10.3. The third kappa shape index (κ3) is 3.89. The van der Waals surface area contributed by atoms with Crippen LogP contribution in [0.4, 0.5) is 5.69 Å². The predicted octanol–water partition coefficient (Wildman–Crippen LogP) is 2.99. The highest BCUT2D eigenvalue weighted by Crippen LogP contribution is 2.21. The standard InChI is InChI=1S/C16H19N3OS/c20-16(18-14-6-2-1-3-7-14)13-5-4-8-19(10-13)11-15-9-17-12-21-15/h1-3,6-7,9,12-13H,4-5,8,10-11H2,(H,18,20)/t13-/m1/s1. The molecule has 21 heavy (non-hydrogen) atoms. The average Bonchev–Trinajstić information content (AvgIpc) is 3.01. The van der Waals surface area contributed by atoms with Crippen LogP contribution in [-0.2, 0) is 11.3 Å². The summed E-state index contributed by atoms with van der Waals surface area (Å²) < 4.78 is 0. The maximum Gasteiger partial charge on any atom is 0.228 e. The van der Waals surface area contributed by atoms with E-state index in [4.69, 9.17) is 0 Å². The molecular weight excluding hydrogens is 282 g/mol. The Hall–Kier alpha value is -1.72. The van der Waals surface area contributed by atoms with Crippen LogP contribution >= 0.6 is 11.3 Å². The molecule has 0 saturated carbocycles. The van der Waals surface area contributed by atoms with Crippen molar-refractivity contribution in [2.75, 3.05) is 18.4 Å². The normalized spacial score (nSPS) is 19.3. The van der Waals surface area contributed by atoms with Crippen LogP contribution in [0, 0.1) is 5.92 Å². The number of rotatable bonds is 4. The van der Waals surface area contributed by atoms with Gasteiger partial charge in [-0.1, -0.05) is 18.2 Å². The second-order valence-electron chi connectivity index (χ2n) is 5.40. The summed E-state index contributed by atoms with van der Waals surface area (Å²) in [6.07, 6.45) is 3.96. The molecule has 1 aliphatic heterocycles. The Morgan fingerprint density at radius 3 is 3.00 bits per heavy atom. The number of likely N-dealkylation sites (tertiary alicyclic amines) is 1. The van der Waals surface area contributed by atoms with E-state index in [1.54, 1.807) is 11.3 Å². The lowest BCUT2D eigenvalue weighted by Gasteiger charge is -2.31. The molecule has 1 amide bonds. The number of carbonyl (C=O) groups excluding carboxylic acids is 1. The Kier molecular flexibility index (Phi) is 4.62. The molecule has 1 aromatic carbocycles. The van der Waals surface area contributed by atoms with Crippen molar-refractivity contribution in [2.24, 2.45) is 5.92 Å². The zero-order chi connectivity index (χ0) is 14.5. The van der Waals surface area contributed by atoms with Crippen LogP contribution in [0.2, 0.25) is 0 Å². The van der Waals surface area contributed by atoms with Gasteiger partial charge in [-0.05, 0) is 31.5 Å². The van der Waals surface area contributed by atoms with Gasteiger partial charge >= 0.3 is 0 Å². The maximum atomic E-state index is 12.4. The van der Waals surface area contributed by atoms with Crippen LogP contribution in [0.1, 0.15) is 17.7 Å². The van der Waals surface area contributed by atoms with Gasteiger partial charge in [0.1, 0.15) is 0 Å². The van der Waals surface area contributed by atoms with E-state index in [-0.39, 0.29) is 11.8 Å². The van der Waals surface area contributed by atoms with Gasteiger partial charge in [-0.15, -0.1) is 11.3 Å². The molecule has 1 aromatic heterocycles. The number of para-hydroxylation sites is 1. The number of amides is 1. The summed E-state index contributed by atoms with van der Waals surface area (Å²) in [7, 11) is 0. The number of piperidine rings is 1. The number of aromatic nitrogens is 1. The largest absolute Gasteiger partial charge is 0.326 e. The average molecular weight is 301 g/mol. The highest BCUT2D eigenvalue weighted by Gasteiger charge is 2.26. The summed E-state index contributed by atoms with van der Waals surface area (Å²) in [5.74, 6) is 0.210. The van der Waals surface area contributed by atoms with E-state index in [1.165, 1.54) is 4.88 Å². The SMILES string of the molecule is O=C(Nc1ccccc1)[C@@H]1CCCN(Cc2cncs2)C1. The minimum absolute atomic E-state index is 0.0758. The third-order valence-electron chi connectivity index (χ3n) is 3.78. The summed E-state index contributed by atoms with van der Waals surface area (Å²) in [5.41, 5.74) is 2.74. The van der Waals surface area contributed by atoms with Gasteiger partial charge in [0.05, 0.1) is 11.4 Å². The summed E-state index contributed by atoms with van der Waals surface area (Å²) >= 11 is 1.68. The van der Waals surface area contributed by atoms with Gasteiger partial charge in [0.2, 0.25) is 5.91 Å². The highest BCUT2D eigenvalue weighted by atomic mass is 32.1. The number of nitrogens with one attached hydrogen (secondary N) is 1. The second-order valence-corrected chi connectivity index (χ2v) is 6.37.